The van der Waals surface area contributed by atoms with Gasteiger partial charge in [-0.2, -0.15) is 10.1 Å². The van der Waals surface area contributed by atoms with Gasteiger partial charge in [-0.25, -0.2) is 0 Å². The molecule has 1 unspecified atom stereocenters. The molecule has 1 saturated heterocycles. The fourth-order valence-electron chi connectivity index (χ4n) is 3.05. The zero-order valence-corrected chi connectivity index (χ0v) is 14.0. The van der Waals surface area contributed by atoms with E-state index in [0.29, 0.717) is 25.5 Å². The van der Waals surface area contributed by atoms with Crippen molar-refractivity contribution in [3.05, 3.63) is 66.1 Å². The largest absolute Gasteiger partial charge is 0.374 e. The first kappa shape index (κ1) is 16.0. The lowest BCUT2D eigenvalue weighted by Crippen LogP contribution is -2.43. The van der Waals surface area contributed by atoms with Crippen molar-refractivity contribution < 1.29 is 9.26 Å². The SMILES string of the molecule is c1ccc(Cc2noc(CN3CCOC(Cn4cccn4)C3)n2)cc1. The van der Waals surface area contributed by atoms with Crippen LogP contribution in [0.5, 0.6) is 0 Å². The zero-order valence-electron chi connectivity index (χ0n) is 14.0. The number of aromatic nitrogens is 4. The molecule has 0 N–H and O–H groups in total. The molecule has 0 bridgehead atoms. The Bertz CT molecular complexity index is 772. The molecule has 0 aliphatic carbocycles. The number of hydrogen-bond acceptors (Lipinski definition) is 6. The van der Waals surface area contributed by atoms with Crippen molar-refractivity contribution in [2.45, 2.75) is 25.6 Å². The second kappa shape index (κ2) is 7.58. The molecule has 3 aromatic rings. The Morgan fingerprint density at radius 1 is 1.16 bits per heavy atom. The van der Waals surface area contributed by atoms with Gasteiger partial charge in [0.05, 0.1) is 25.8 Å². The lowest BCUT2D eigenvalue weighted by atomic mass is 10.1. The average molecular weight is 339 g/mol. The number of benzene rings is 1. The first-order chi connectivity index (χ1) is 12.3. The van der Waals surface area contributed by atoms with E-state index < -0.39 is 0 Å². The third-order valence-electron chi connectivity index (χ3n) is 4.25. The second-order valence-electron chi connectivity index (χ2n) is 6.22. The number of rotatable bonds is 6. The Labute approximate surface area is 146 Å². The fraction of sp³-hybridized carbons (Fsp3) is 0.389. The first-order valence-electron chi connectivity index (χ1n) is 8.52. The third-order valence-corrected chi connectivity index (χ3v) is 4.25. The Morgan fingerprint density at radius 2 is 2.08 bits per heavy atom. The van der Waals surface area contributed by atoms with E-state index in [1.165, 1.54) is 5.56 Å². The van der Waals surface area contributed by atoms with Gasteiger partial charge in [-0.1, -0.05) is 35.5 Å². The van der Waals surface area contributed by atoms with Gasteiger partial charge in [-0.05, 0) is 11.6 Å². The van der Waals surface area contributed by atoms with E-state index in [0.717, 1.165) is 25.5 Å². The Hall–Kier alpha value is -2.51. The molecule has 0 radical (unpaired) electrons. The van der Waals surface area contributed by atoms with Crippen molar-refractivity contribution >= 4 is 0 Å². The molecule has 0 saturated carbocycles. The number of morpholine rings is 1. The molecule has 1 aliphatic rings. The zero-order chi connectivity index (χ0) is 16.9. The van der Waals surface area contributed by atoms with E-state index in [1.54, 1.807) is 6.20 Å². The van der Waals surface area contributed by atoms with Gasteiger partial charge < -0.3 is 9.26 Å². The smallest absolute Gasteiger partial charge is 0.240 e. The minimum atomic E-state index is 0.125. The van der Waals surface area contributed by atoms with Crippen LogP contribution in [0, 0.1) is 0 Å². The molecule has 7 heteroatoms. The van der Waals surface area contributed by atoms with Crippen molar-refractivity contribution in [3.63, 3.8) is 0 Å². The maximum absolute atomic E-state index is 5.83. The molecule has 2 aromatic heterocycles. The van der Waals surface area contributed by atoms with Crippen LogP contribution in [0.1, 0.15) is 17.3 Å². The van der Waals surface area contributed by atoms with E-state index in [9.17, 15) is 0 Å². The van der Waals surface area contributed by atoms with Crippen molar-refractivity contribution in [1.29, 1.82) is 0 Å². The monoisotopic (exact) mass is 339 g/mol. The molecule has 25 heavy (non-hydrogen) atoms. The molecule has 0 spiro atoms. The van der Waals surface area contributed by atoms with Crippen LogP contribution in [-0.2, 0) is 24.2 Å². The van der Waals surface area contributed by atoms with Crippen LogP contribution in [0.2, 0.25) is 0 Å². The Kier molecular flexibility index (Phi) is 4.85. The summed E-state index contributed by atoms with van der Waals surface area (Å²) >= 11 is 0. The highest BCUT2D eigenvalue weighted by molar-refractivity contribution is 5.18. The molecule has 7 nitrogen and oxygen atoms in total. The summed E-state index contributed by atoms with van der Waals surface area (Å²) in [6.07, 6.45) is 4.55. The number of nitrogens with zero attached hydrogens (tertiary/aromatic N) is 5. The van der Waals surface area contributed by atoms with E-state index in [2.05, 4.69) is 32.3 Å². The molecule has 1 aliphatic heterocycles. The van der Waals surface area contributed by atoms with Gasteiger partial charge in [-0.3, -0.25) is 9.58 Å². The van der Waals surface area contributed by atoms with E-state index in [4.69, 9.17) is 9.26 Å². The molecule has 1 aromatic carbocycles. The summed E-state index contributed by atoms with van der Waals surface area (Å²) in [6.45, 7) is 3.81. The van der Waals surface area contributed by atoms with Crippen LogP contribution < -0.4 is 0 Å². The Morgan fingerprint density at radius 3 is 2.92 bits per heavy atom. The van der Waals surface area contributed by atoms with Crippen molar-refractivity contribution in [1.82, 2.24) is 24.8 Å². The minimum Gasteiger partial charge on any atom is -0.374 e. The van der Waals surface area contributed by atoms with E-state index in [1.807, 2.05) is 35.1 Å². The van der Waals surface area contributed by atoms with Crippen LogP contribution in [-0.4, -0.2) is 50.6 Å². The van der Waals surface area contributed by atoms with Gasteiger partial charge >= 0.3 is 0 Å². The number of hydrogen-bond donors (Lipinski definition) is 0. The molecule has 3 heterocycles. The standard InChI is InChI=1S/C18H21N5O2/c1-2-5-15(6-3-1)11-17-20-18(25-21-17)14-22-9-10-24-16(12-22)13-23-8-4-7-19-23/h1-8,16H,9-14H2. The maximum atomic E-state index is 5.83. The second-order valence-corrected chi connectivity index (χ2v) is 6.22. The molecular weight excluding hydrogens is 318 g/mol. The van der Waals surface area contributed by atoms with Gasteiger partial charge in [0.15, 0.2) is 5.82 Å². The van der Waals surface area contributed by atoms with Gasteiger partial charge in [0.2, 0.25) is 5.89 Å². The molecule has 1 fully saturated rings. The van der Waals surface area contributed by atoms with Gasteiger partial charge in [-0.15, -0.1) is 0 Å². The van der Waals surface area contributed by atoms with Crippen molar-refractivity contribution in [2.24, 2.45) is 0 Å². The lowest BCUT2D eigenvalue weighted by molar-refractivity contribution is -0.0426. The molecule has 1 atom stereocenters. The van der Waals surface area contributed by atoms with Crippen LogP contribution in [0.3, 0.4) is 0 Å². The Balaban J connectivity index is 1.32. The van der Waals surface area contributed by atoms with Gasteiger partial charge in [0.25, 0.3) is 0 Å². The summed E-state index contributed by atoms with van der Waals surface area (Å²) in [5.74, 6) is 1.38. The quantitative estimate of drug-likeness (QED) is 0.682. The summed E-state index contributed by atoms with van der Waals surface area (Å²) in [6, 6.07) is 12.1. The molecule has 130 valence electrons. The van der Waals surface area contributed by atoms with Crippen LogP contribution in [0.15, 0.2) is 53.3 Å². The van der Waals surface area contributed by atoms with Gasteiger partial charge in [0, 0.05) is 31.9 Å². The summed E-state index contributed by atoms with van der Waals surface area (Å²) in [4.78, 5) is 6.81. The summed E-state index contributed by atoms with van der Waals surface area (Å²) in [5.41, 5.74) is 1.18. The van der Waals surface area contributed by atoms with Crippen LogP contribution >= 0.6 is 0 Å². The van der Waals surface area contributed by atoms with Crippen LogP contribution in [0.4, 0.5) is 0 Å². The average Bonchev–Trinajstić information content (AvgIpc) is 3.29. The lowest BCUT2D eigenvalue weighted by Gasteiger charge is -2.31. The predicted molar refractivity (Wildman–Crippen MR) is 90.8 cm³/mol. The topological polar surface area (TPSA) is 69.2 Å². The van der Waals surface area contributed by atoms with Gasteiger partial charge in [0.1, 0.15) is 0 Å². The highest BCUT2D eigenvalue weighted by atomic mass is 16.5. The normalized spacial score (nSPS) is 18.5. The molecular formula is C18H21N5O2. The highest BCUT2D eigenvalue weighted by Crippen LogP contribution is 2.12. The van der Waals surface area contributed by atoms with Crippen molar-refractivity contribution in [3.8, 4) is 0 Å². The van der Waals surface area contributed by atoms with E-state index in [-0.39, 0.29) is 6.10 Å². The maximum Gasteiger partial charge on any atom is 0.240 e. The highest BCUT2D eigenvalue weighted by Gasteiger charge is 2.22. The third kappa shape index (κ3) is 4.32. The minimum absolute atomic E-state index is 0.125. The summed E-state index contributed by atoms with van der Waals surface area (Å²) in [7, 11) is 0. The number of ether oxygens (including phenoxy) is 1. The summed E-state index contributed by atoms with van der Waals surface area (Å²) < 4.78 is 13.2. The molecule has 4 rings (SSSR count). The molecule has 0 amide bonds. The first-order valence-corrected chi connectivity index (χ1v) is 8.52. The summed E-state index contributed by atoms with van der Waals surface area (Å²) in [5, 5.41) is 8.34. The van der Waals surface area contributed by atoms with Crippen molar-refractivity contribution in [2.75, 3.05) is 19.7 Å². The predicted octanol–water partition coefficient (Wildman–Crippen LogP) is 1.76. The fourth-order valence-corrected chi connectivity index (χ4v) is 3.05. The van der Waals surface area contributed by atoms with Crippen LogP contribution in [0.25, 0.3) is 0 Å². The van der Waals surface area contributed by atoms with E-state index >= 15 is 0 Å².